The average molecular weight is 284 g/mol. The van der Waals surface area contributed by atoms with Crippen molar-refractivity contribution in [2.75, 3.05) is 13.1 Å². The molecule has 21 heavy (non-hydrogen) atoms. The topological polar surface area (TPSA) is 75.0 Å². The highest BCUT2D eigenvalue weighted by molar-refractivity contribution is 5.97. The summed E-state index contributed by atoms with van der Waals surface area (Å²) in [5.74, 6) is 1.19. The summed E-state index contributed by atoms with van der Waals surface area (Å²) in [7, 11) is 0. The second-order valence-electron chi connectivity index (χ2n) is 6.36. The van der Waals surface area contributed by atoms with Crippen LogP contribution in [0.15, 0.2) is 24.5 Å². The van der Waals surface area contributed by atoms with Crippen molar-refractivity contribution in [1.29, 1.82) is 0 Å². The number of carbonyl (C=O) groups excluding carboxylic acids is 1. The minimum atomic E-state index is 0.119. The van der Waals surface area contributed by atoms with Crippen LogP contribution in [0.25, 0.3) is 11.0 Å². The van der Waals surface area contributed by atoms with Crippen molar-refractivity contribution in [2.45, 2.75) is 25.3 Å². The summed E-state index contributed by atoms with van der Waals surface area (Å²) < 4.78 is 0. The first-order chi connectivity index (χ1) is 10.2. The van der Waals surface area contributed by atoms with E-state index in [0.717, 1.165) is 36.1 Å². The van der Waals surface area contributed by atoms with Crippen LogP contribution in [0.3, 0.4) is 0 Å². The van der Waals surface area contributed by atoms with Gasteiger partial charge in [0.1, 0.15) is 0 Å². The van der Waals surface area contributed by atoms with Gasteiger partial charge in [0.25, 0.3) is 5.91 Å². The van der Waals surface area contributed by atoms with E-state index in [-0.39, 0.29) is 11.9 Å². The first kappa shape index (κ1) is 12.8. The molecule has 1 aliphatic carbocycles. The summed E-state index contributed by atoms with van der Waals surface area (Å²) in [5, 5.41) is 0. The van der Waals surface area contributed by atoms with E-state index < -0.39 is 0 Å². The molecule has 1 aromatic heterocycles. The number of nitrogens with zero attached hydrogens (tertiary/aromatic N) is 2. The number of H-pyrrole nitrogens is 1. The fraction of sp³-hybridized carbons (Fsp3) is 0.500. The summed E-state index contributed by atoms with van der Waals surface area (Å²) in [6.07, 6.45) is 5.16. The lowest BCUT2D eigenvalue weighted by atomic mass is 9.78. The number of nitrogens with two attached hydrogens (primary N) is 1. The molecule has 3 unspecified atom stereocenters. The Kier molecular flexibility index (Phi) is 2.96. The largest absolute Gasteiger partial charge is 0.345 e. The highest BCUT2D eigenvalue weighted by atomic mass is 16.2. The molecule has 1 saturated carbocycles. The number of aromatic nitrogens is 2. The Morgan fingerprint density at radius 1 is 1.33 bits per heavy atom. The lowest BCUT2D eigenvalue weighted by Crippen LogP contribution is -2.38. The highest BCUT2D eigenvalue weighted by Crippen LogP contribution is 2.36. The van der Waals surface area contributed by atoms with Gasteiger partial charge in [-0.2, -0.15) is 0 Å². The minimum absolute atomic E-state index is 0.119. The van der Waals surface area contributed by atoms with Crippen LogP contribution in [0.5, 0.6) is 0 Å². The molecule has 2 aliphatic rings. The van der Waals surface area contributed by atoms with Gasteiger partial charge in [-0.15, -0.1) is 0 Å². The first-order valence-electron chi connectivity index (χ1n) is 7.70. The van der Waals surface area contributed by atoms with Gasteiger partial charge in [-0.25, -0.2) is 4.98 Å². The van der Waals surface area contributed by atoms with E-state index in [1.807, 2.05) is 23.1 Å². The van der Waals surface area contributed by atoms with Crippen LogP contribution >= 0.6 is 0 Å². The Hall–Kier alpha value is -1.88. The van der Waals surface area contributed by atoms with Gasteiger partial charge < -0.3 is 15.6 Å². The molecule has 4 rings (SSSR count). The zero-order chi connectivity index (χ0) is 14.4. The molecule has 1 amide bonds. The average Bonchev–Trinajstić information content (AvgIpc) is 3.12. The summed E-state index contributed by atoms with van der Waals surface area (Å²) >= 11 is 0. The molecule has 110 valence electrons. The summed E-state index contributed by atoms with van der Waals surface area (Å²) in [6.45, 7) is 1.67. The Bertz CT molecular complexity index is 680. The van der Waals surface area contributed by atoms with E-state index in [4.69, 9.17) is 5.73 Å². The van der Waals surface area contributed by atoms with Crippen LogP contribution in [0.2, 0.25) is 0 Å². The number of amides is 1. The number of hydrogen-bond acceptors (Lipinski definition) is 3. The molecule has 5 heteroatoms. The SMILES string of the molecule is NC1CCCC2CN(C(=O)c3ccc4nc[nH]c4c3)CC12. The number of rotatable bonds is 1. The van der Waals surface area contributed by atoms with Gasteiger partial charge in [0, 0.05) is 24.7 Å². The van der Waals surface area contributed by atoms with Crippen LogP contribution < -0.4 is 5.73 Å². The smallest absolute Gasteiger partial charge is 0.253 e. The second kappa shape index (κ2) is 4.84. The number of carbonyl (C=O) groups is 1. The number of likely N-dealkylation sites (tertiary alicyclic amines) is 1. The maximum absolute atomic E-state index is 12.7. The third-order valence-corrected chi connectivity index (χ3v) is 5.11. The summed E-state index contributed by atoms with van der Waals surface area (Å²) in [4.78, 5) is 21.9. The molecule has 3 atom stereocenters. The molecular formula is C16H20N4O. The van der Waals surface area contributed by atoms with Crippen LogP contribution in [0.4, 0.5) is 0 Å². The van der Waals surface area contributed by atoms with Gasteiger partial charge in [0.15, 0.2) is 0 Å². The van der Waals surface area contributed by atoms with Crippen molar-refractivity contribution in [3.05, 3.63) is 30.1 Å². The van der Waals surface area contributed by atoms with Crippen molar-refractivity contribution >= 4 is 16.9 Å². The molecule has 2 heterocycles. The zero-order valence-electron chi connectivity index (χ0n) is 12.0. The van der Waals surface area contributed by atoms with Crippen molar-refractivity contribution in [3.8, 4) is 0 Å². The molecule has 1 aliphatic heterocycles. The van der Waals surface area contributed by atoms with E-state index in [9.17, 15) is 4.79 Å². The number of aromatic amines is 1. The Morgan fingerprint density at radius 2 is 2.24 bits per heavy atom. The Morgan fingerprint density at radius 3 is 3.10 bits per heavy atom. The molecule has 3 N–H and O–H groups in total. The van der Waals surface area contributed by atoms with Crippen LogP contribution in [-0.4, -0.2) is 39.9 Å². The van der Waals surface area contributed by atoms with Gasteiger partial charge in [-0.3, -0.25) is 4.79 Å². The molecule has 0 bridgehead atoms. The molecule has 2 aromatic rings. The standard InChI is InChI=1S/C16H20N4O/c17-13-3-1-2-11-7-20(8-12(11)13)16(21)10-4-5-14-15(6-10)19-9-18-14/h4-6,9,11-13H,1-3,7-8,17H2,(H,18,19). The molecular weight excluding hydrogens is 264 g/mol. The Balaban J connectivity index is 1.57. The van der Waals surface area contributed by atoms with Gasteiger partial charge in [-0.05, 0) is 42.9 Å². The minimum Gasteiger partial charge on any atom is -0.345 e. The van der Waals surface area contributed by atoms with E-state index in [1.165, 1.54) is 12.8 Å². The van der Waals surface area contributed by atoms with E-state index >= 15 is 0 Å². The lowest BCUT2D eigenvalue weighted by Gasteiger charge is -2.29. The number of nitrogens with one attached hydrogen (secondary N) is 1. The number of hydrogen-bond donors (Lipinski definition) is 2. The fourth-order valence-corrected chi connectivity index (χ4v) is 3.93. The predicted octanol–water partition coefficient (Wildman–Crippen LogP) is 1.76. The van der Waals surface area contributed by atoms with Gasteiger partial charge in [-0.1, -0.05) is 6.42 Å². The van der Waals surface area contributed by atoms with Crippen molar-refractivity contribution < 1.29 is 4.79 Å². The van der Waals surface area contributed by atoms with Gasteiger partial charge in [0.2, 0.25) is 0 Å². The van der Waals surface area contributed by atoms with Crippen molar-refractivity contribution in [1.82, 2.24) is 14.9 Å². The van der Waals surface area contributed by atoms with E-state index in [1.54, 1.807) is 6.33 Å². The normalized spacial score (nSPS) is 28.8. The highest BCUT2D eigenvalue weighted by Gasteiger charge is 2.40. The van der Waals surface area contributed by atoms with Crippen LogP contribution in [0, 0.1) is 11.8 Å². The number of imidazole rings is 1. The van der Waals surface area contributed by atoms with Crippen molar-refractivity contribution in [3.63, 3.8) is 0 Å². The van der Waals surface area contributed by atoms with E-state index in [2.05, 4.69) is 9.97 Å². The molecule has 1 saturated heterocycles. The van der Waals surface area contributed by atoms with Crippen LogP contribution in [0.1, 0.15) is 29.6 Å². The van der Waals surface area contributed by atoms with E-state index in [0.29, 0.717) is 11.8 Å². The monoisotopic (exact) mass is 284 g/mol. The fourth-order valence-electron chi connectivity index (χ4n) is 3.93. The maximum atomic E-state index is 12.7. The lowest BCUT2D eigenvalue weighted by molar-refractivity contribution is 0.0783. The molecule has 0 spiro atoms. The number of fused-ring (bicyclic) bond motifs is 2. The molecule has 0 radical (unpaired) electrons. The maximum Gasteiger partial charge on any atom is 0.253 e. The first-order valence-corrected chi connectivity index (χ1v) is 7.70. The summed E-state index contributed by atoms with van der Waals surface area (Å²) in [6, 6.07) is 5.92. The third-order valence-electron chi connectivity index (χ3n) is 5.11. The molecule has 1 aromatic carbocycles. The quantitative estimate of drug-likeness (QED) is 0.838. The second-order valence-corrected chi connectivity index (χ2v) is 6.36. The summed E-state index contributed by atoms with van der Waals surface area (Å²) in [5.41, 5.74) is 8.77. The van der Waals surface area contributed by atoms with Crippen molar-refractivity contribution in [2.24, 2.45) is 17.6 Å². The third kappa shape index (κ3) is 2.12. The molecule has 5 nitrogen and oxygen atoms in total. The Labute approximate surface area is 123 Å². The van der Waals surface area contributed by atoms with Gasteiger partial charge in [0.05, 0.1) is 17.4 Å². The van der Waals surface area contributed by atoms with Crippen LogP contribution in [-0.2, 0) is 0 Å². The molecule has 2 fully saturated rings. The zero-order valence-corrected chi connectivity index (χ0v) is 12.0. The van der Waals surface area contributed by atoms with Gasteiger partial charge >= 0.3 is 0 Å². The number of benzene rings is 1. The predicted molar refractivity (Wildman–Crippen MR) is 80.8 cm³/mol.